The molecule has 0 aromatic carbocycles. The van der Waals surface area contributed by atoms with Crippen molar-refractivity contribution in [1.82, 2.24) is 9.97 Å². The van der Waals surface area contributed by atoms with Gasteiger partial charge in [-0.15, -0.1) is 0 Å². The van der Waals surface area contributed by atoms with E-state index in [0.29, 0.717) is 22.4 Å². The van der Waals surface area contributed by atoms with Crippen LogP contribution in [-0.4, -0.2) is 30.7 Å². The summed E-state index contributed by atoms with van der Waals surface area (Å²) in [5, 5.41) is 8.08. The first-order valence-electron chi connectivity index (χ1n) is 4.54. The number of rotatable bonds is 4. The number of nitrogens with zero attached hydrogens (tertiary/aromatic N) is 2. The quantitative estimate of drug-likeness (QED) is 0.770. The number of anilines is 1. The van der Waals surface area contributed by atoms with E-state index < -0.39 is 10.0 Å². The third-order valence-electron chi connectivity index (χ3n) is 1.88. The molecule has 16 heavy (non-hydrogen) atoms. The van der Waals surface area contributed by atoms with E-state index in [1.165, 1.54) is 0 Å². The Kier molecular flexibility index (Phi) is 4.06. The highest BCUT2D eigenvalue weighted by atomic mass is 35.5. The SMILES string of the molecule is Cc1nc(Cl)c(C)c(NCCS(N)(=O)=O)n1. The van der Waals surface area contributed by atoms with E-state index in [2.05, 4.69) is 15.3 Å². The van der Waals surface area contributed by atoms with Gasteiger partial charge in [-0.05, 0) is 13.8 Å². The Morgan fingerprint density at radius 3 is 2.56 bits per heavy atom. The van der Waals surface area contributed by atoms with Gasteiger partial charge in [-0.25, -0.2) is 23.5 Å². The fourth-order valence-electron chi connectivity index (χ4n) is 1.08. The molecule has 0 saturated heterocycles. The van der Waals surface area contributed by atoms with Crippen molar-refractivity contribution in [2.24, 2.45) is 5.14 Å². The lowest BCUT2D eigenvalue weighted by molar-refractivity contribution is 0.598. The molecule has 0 saturated carbocycles. The van der Waals surface area contributed by atoms with Crippen LogP contribution in [0.4, 0.5) is 5.82 Å². The summed E-state index contributed by atoms with van der Waals surface area (Å²) in [6, 6.07) is 0. The molecule has 1 rings (SSSR count). The maximum absolute atomic E-state index is 10.7. The topological polar surface area (TPSA) is 98.0 Å². The molecule has 90 valence electrons. The van der Waals surface area contributed by atoms with Crippen molar-refractivity contribution in [3.05, 3.63) is 16.5 Å². The number of hydrogen-bond acceptors (Lipinski definition) is 5. The van der Waals surface area contributed by atoms with E-state index >= 15 is 0 Å². The monoisotopic (exact) mass is 264 g/mol. The molecular formula is C8H13ClN4O2S. The fraction of sp³-hybridized carbons (Fsp3) is 0.500. The standard InChI is InChI=1S/C8H13ClN4O2S/c1-5-7(9)12-6(2)13-8(5)11-3-4-16(10,14)15/h3-4H2,1-2H3,(H2,10,14,15)(H,11,12,13). The van der Waals surface area contributed by atoms with Crippen LogP contribution in [0.3, 0.4) is 0 Å². The van der Waals surface area contributed by atoms with Gasteiger partial charge in [0.05, 0.1) is 5.75 Å². The summed E-state index contributed by atoms with van der Waals surface area (Å²) in [7, 11) is -3.47. The number of sulfonamides is 1. The van der Waals surface area contributed by atoms with Crippen molar-refractivity contribution in [3.63, 3.8) is 0 Å². The third kappa shape index (κ3) is 3.92. The summed E-state index contributed by atoms with van der Waals surface area (Å²) in [5.41, 5.74) is 0.682. The lowest BCUT2D eigenvalue weighted by Crippen LogP contribution is -2.23. The van der Waals surface area contributed by atoms with Gasteiger partial charge in [-0.3, -0.25) is 0 Å². The van der Waals surface area contributed by atoms with Crippen molar-refractivity contribution in [3.8, 4) is 0 Å². The van der Waals surface area contributed by atoms with Gasteiger partial charge in [0.25, 0.3) is 0 Å². The zero-order valence-corrected chi connectivity index (χ0v) is 10.6. The first-order valence-corrected chi connectivity index (χ1v) is 6.64. The van der Waals surface area contributed by atoms with Crippen LogP contribution in [0.15, 0.2) is 0 Å². The maximum Gasteiger partial charge on any atom is 0.210 e. The first-order chi connectivity index (χ1) is 7.29. The van der Waals surface area contributed by atoms with Crippen LogP contribution >= 0.6 is 11.6 Å². The minimum Gasteiger partial charge on any atom is -0.369 e. The molecule has 0 atom stereocenters. The molecule has 0 bridgehead atoms. The number of nitrogens with one attached hydrogen (secondary N) is 1. The molecule has 0 amide bonds. The molecule has 0 fully saturated rings. The van der Waals surface area contributed by atoms with Crippen LogP contribution in [0.1, 0.15) is 11.4 Å². The van der Waals surface area contributed by atoms with Gasteiger partial charge in [0.1, 0.15) is 16.8 Å². The Labute approximate surface area is 99.3 Å². The molecule has 0 aliphatic heterocycles. The Morgan fingerprint density at radius 2 is 2.00 bits per heavy atom. The van der Waals surface area contributed by atoms with Gasteiger partial charge in [0.15, 0.2) is 0 Å². The molecule has 6 nitrogen and oxygen atoms in total. The van der Waals surface area contributed by atoms with Crippen molar-refractivity contribution in [1.29, 1.82) is 0 Å². The Bertz CT molecular complexity index is 489. The predicted octanol–water partition coefficient (Wildman–Crippen LogP) is 0.447. The van der Waals surface area contributed by atoms with Crippen LogP contribution in [0.25, 0.3) is 0 Å². The first kappa shape index (κ1) is 13.1. The fourth-order valence-corrected chi connectivity index (χ4v) is 1.68. The van der Waals surface area contributed by atoms with E-state index in [1.807, 2.05) is 0 Å². The largest absolute Gasteiger partial charge is 0.369 e. The second-order valence-electron chi connectivity index (χ2n) is 3.33. The smallest absolute Gasteiger partial charge is 0.210 e. The molecule has 0 radical (unpaired) electrons. The summed E-state index contributed by atoms with van der Waals surface area (Å²) < 4.78 is 21.4. The van der Waals surface area contributed by atoms with Gasteiger partial charge < -0.3 is 5.32 Å². The van der Waals surface area contributed by atoms with Crippen LogP contribution in [0.2, 0.25) is 5.15 Å². The van der Waals surface area contributed by atoms with Gasteiger partial charge >= 0.3 is 0 Å². The maximum atomic E-state index is 10.7. The summed E-state index contributed by atoms with van der Waals surface area (Å²) in [4.78, 5) is 8.07. The van der Waals surface area contributed by atoms with Crippen LogP contribution < -0.4 is 10.5 Å². The molecule has 0 aliphatic carbocycles. The number of halogens is 1. The van der Waals surface area contributed by atoms with Crippen molar-refractivity contribution >= 4 is 27.4 Å². The number of aryl methyl sites for hydroxylation is 1. The summed E-state index contributed by atoms with van der Waals surface area (Å²) in [5.74, 6) is 0.891. The number of primary sulfonamides is 1. The second-order valence-corrected chi connectivity index (χ2v) is 5.42. The molecule has 8 heteroatoms. The Morgan fingerprint density at radius 1 is 1.38 bits per heavy atom. The van der Waals surface area contributed by atoms with E-state index in [0.717, 1.165) is 0 Å². The average Bonchev–Trinajstić information content (AvgIpc) is 2.11. The summed E-state index contributed by atoms with van der Waals surface area (Å²) in [6.07, 6.45) is 0. The van der Waals surface area contributed by atoms with Crippen molar-refractivity contribution in [2.45, 2.75) is 13.8 Å². The number of nitrogens with two attached hydrogens (primary N) is 1. The lowest BCUT2D eigenvalue weighted by atomic mass is 10.3. The minimum atomic E-state index is -3.47. The highest BCUT2D eigenvalue weighted by Gasteiger charge is 2.08. The molecule has 1 aromatic heterocycles. The molecule has 0 aliphatic rings. The minimum absolute atomic E-state index is 0.160. The zero-order chi connectivity index (χ0) is 12.3. The number of aromatic nitrogens is 2. The molecule has 3 N–H and O–H groups in total. The molecule has 1 heterocycles. The zero-order valence-electron chi connectivity index (χ0n) is 8.99. The second kappa shape index (κ2) is 4.94. The van der Waals surface area contributed by atoms with Crippen molar-refractivity contribution < 1.29 is 8.42 Å². The summed E-state index contributed by atoms with van der Waals surface area (Å²) in [6.45, 7) is 3.64. The van der Waals surface area contributed by atoms with Gasteiger partial charge in [0.2, 0.25) is 10.0 Å². The highest BCUT2D eigenvalue weighted by molar-refractivity contribution is 7.89. The molecule has 1 aromatic rings. The van der Waals surface area contributed by atoms with E-state index in [1.54, 1.807) is 13.8 Å². The molecule has 0 unspecified atom stereocenters. The van der Waals surface area contributed by atoms with Gasteiger partial charge in [0, 0.05) is 12.1 Å². The highest BCUT2D eigenvalue weighted by Crippen LogP contribution is 2.19. The lowest BCUT2D eigenvalue weighted by Gasteiger charge is -2.09. The molecule has 0 spiro atoms. The van der Waals surface area contributed by atoms with Crippen LogP contribution in [0, 0.1) is 13.8 Å². The molecular weight excluding hydrogens is 252 g/mol. The van der Waals surface area contributed by atoms with Gasteiger partial charge in [-0.2, -0.15) is 0 Å². The van der Waals surface area contributed by atoms with E-state index in [9.17, 15) is 8.42 Å². The Hall–Kier alpha value is -0.920. The number of hydrogen-bond donors (Lipinski definition) is 2. The van der Waals surface area contributed by atoms with Gasteiger partial charge in [-0.1, -0.05) is 11.6 Å². The Balaban J connectivity index is 2.75. The average molecular weight is 265 g/mol. The normalized spacial score (nSPS) is 11.5. The predicted molar refractivity (Wildman–Crippen MR) is 63.0 cm³/mol. The van der Waals surface area contributed by atoms with Crippen LogP contribution in [0.5, 0.6) is 0 Å². The third-order valence-corrected chi connectivity index (χ3v) is 3.02. The van der Waals surface area contributed by atoms with Crippen LogP contribution in [-0.2, 0) is 10.0 Å². The summed E-state index contributed by atoms with van der Waals surface area (Å²) >= 11 is 5.85. The van der Waals surface area contributed by atoms with Crippen molar-refractivity contribution in [2.75, 3.05) is 17.6 Å². The van der Waals surface area contributed by atoms with E-state index in [4.69, 9.17) is 16.7 Å². The van der Waals surface area contributed by atoms with E-state index in [-0.39, 0.29) is 12.3 Å².